The van der Waals surface area contributed by atoms with Gasteiger partial charge in [-0.2, -0.15) is 0 Å². The van der Waals surface area contributed by atoms with Crippen LogP contribution in [0.15, 0.2) is 54.7 Å². The second-order valence-electron chi connectivity index (χ2n) is 7.05. The number of nitrogens with zero attached hydrogens (tertiary/aromatic N) is 1. The van der Waals surface area contributed by atoms with Crippen molar-refractivity contribution in [2.24, 2.45) is 0 Å². The van der Waals surface area contributed by atoms with Crippen LogP contribution in [-0.4, -0.2) is 29.4 Å². The van der Waals surface area contributed by atoms with E-state index >= 15 is 0 Å². The fraction of sp³-hybridized carbons (Fsp3) is 0.273. The van der Waals surface area contributed by atoms with E-state index in [1.807, 2.05) is 42.6 Å². The van der Waals surface area contributed by atoms with Gasteiger partial charge < -0.3 is 15.2 Å². The molecule has 4 rings (SSSR count). The van der Waals surface area contributed by atoms with Gasteiger partial charge in [-0.3, -0.25) is 9.59 Å². The van der Waals surface area contributed by atoms with Gasteiger partial charge in [-0.15, -0.1) is 0 Å². The summed E-state index contributed by atoms with van der Waals surface area (Å²) in [5.74, 6) is -0.109. The minimum Gasteiger partial charge on any atom is -0.361 e. The molecule has 2 amide bonds. The number of aromatic amines is 1. The predicted molar refractivity (Wildman–Crippen MR) is 107 cm³/mol. The predicted octanol–water partition coefficient (Wildman–Crippen LogP) is 3.33. The Morgan fingerprint density at radius 1 is 1.19 bits per heavy atom. The number of carbonyl (C=O) groups excluding carboxylic acids is 2. The van der Waals surface area contributed by atoms with Crippen molar-refractivity contribution in [3.8, 4) is 0 Å². The van der Waals surface area contributed by atoms with Gasteiger partial charge in [0.2, 0.25) is 11.8 Å². The minimum atomic E-state index is -0.428. The molecule has 2 heterocycles. The third-order valence-electron chi connectivity index (χ3n) is 5.24. The zero-order valence-electron chi connectivity index (χ0n) is 15.4. The fourth-order valence-corrected chi connectivity index (χ4v) is 3.76. The number of anilines is 1. The van der Waals surface area contributed by atoms with Crippen molar-refractivity contribution in [1.29, 1.82) is 0 Å². The van der Waals surface area contributed by atoms with E-state index < -0.39 is 6.04 Å². The Hall–Kier alpha value is -3.08. The number of para-hydroxylation sites is 2. The third kappa shape index (κ3) is 3.45. The smallest absolute Gasteiger partial charge is 0.249 e. The van der Waals surface area contributed by atoms with Gasteiger partial charge in [-0.25, -0.2) is 0 Å². The van der Waals surface area contributed by atoms with Crippen molar-refractivity contribution in [2.45, 2.75) is 32.2 Å². The molecule has 5 nitrogen and oxygen atoms in total. The first kappa shape index (κ1) is 17.3. The topological polar surface area (TPSA) is 65.2 Å². The maximum absolute atomic E-state index is 12.6. The van der Waals surface area contributed by atoms with Crippen LogP contribution in [0.25, 0.3) is 10.9 Å². The van der Waals surface area contributed by atoms with Gasteiger partial charge in [0.15, 0.2) is 0 Å². The molecule has 0 spiro atoms. The Kier molecular flexibility index (Phi) is 4.67. The second-order valence-corrected chi connectivity index (χ2v) is 7.05. The summed E-state index contributed by atoms with van der Waals surface area (Å²) in [6.07, 6.45) is 3.64. The number of H-pyrrole nitrogens is 1. The van der Waals surface area contributed by atoms with E-state index in [0.717, 1.165) is 22.2 Å². The third-order valence-corrected chi connectivity index (χ3v) is 5.24. The number of aryl methyl sites for hydroxylation is 2. The molecule has 2 N–H and O–H groups in total. The molecule has 0 aliphatic carbocycles. The molecule has 0 bridgehead atoms. The van der Waals surface area contributed by atoms with E-state index in [-0.39, 0.29) is 11.8 Å². The average Bonchev–Trinajstić information content (AvgIpc) is 3.26. The number of carbonyl (C=O) groups is 2. The van der Waals surface area contributed by atoms with E-state index in [1.54, 1.807) is 4.90 Å². The fourth-order valence-electron chi connectivity index (χ4n) is 3.76. The molecular weight excluding hydrogens is 338 g/mol. The largest absolute Gasteiger partial charge is 0.361 e. The van der Waals surface area contributed by atoms with E-state index in [4.69, 9.17) is 0 Å². The standard InChI is InChI=1S/C22H23N3O2/c1-15-6-5-9-18-16(14-23-21(15)18)10-11-20(26)24-19-12-13-25(22(19)27)17-7-3-2-4-8-17/h2-9,14,19,23H,10-13H2,1H3,(H,24,26). The number of aromatic nitrogens is 1. The molecule has 5 heteroatoms. The number of hydrogen-bond donors (Lipinski definition) is 2. The zero-order valence-corrected chi connectivity index (χ0v) is 15.4. The average molecular weight is 361 g/mol. The van der Waals surface area contributed by atoms with Crippen LogP contribution < -0.4 is 10.2 Å². The van der Waals surface area contributed by atoms with E-state index in [0.29, 0.717) is 25.8 Å². The first-order valence-electron chi connectivity index (χ1n) is 9.35. The maximum atomic E-state index is 12.6. The van der Waals surface area contributed by atoms with Crippen LogP contribution in [0.5, 0.6) is 0 Å². The van der Waals surface area contributed by atoms with Crippen molar-refractivity contribution >= 4 is 28.4 Å². The molecule has 1 aliphatic heterocycles. The number of benzene rings is 2. The Morgan fingerprint density at radius 3 is 2.81 bits per heavy atom. The molecule has 2 aromatic carbocycles. The summed E-state index contributed by atoms with van der Waals surface area (Å²) in [6, 6.07) is 15.3. The number of amides is 2. The highest BCUT2D eigenvalue weighted by Crippen LogP contribution is 2.23. The van der Waals surface area contributed by atoms with Gasteiger partial charge in [-0.1, -0.05) is 36.4 Å². The lowest BCUT2D eigenvalue weighted by molar-refractivity contribution is -0.126. The molecular formula is C22H23N3O2. The van der Waals surface area contributed by atoms with E-state index in [9.17, 15) is 9.59 Å². The van der Waals surface area contributed by atoms with Crippen LogP contribution in [0.1, 0.15) is 24.0 Å². The molecule has 0 saturated carbocycles. The molecule has 1 atom stereocenters. The molecule has 1 unspecified atom stereocenters. The van der Waals surface area contributed by atoms with Crippen molar-refractivity contribution in [3.63, 3.8) is 0 Å². The quantitative estimate of drug-likeness (QED) is 0.732. The molecule has 1 aromatic heterocycles. The van der Waals surface area contributed by atoms with Crippen LogP contribution in [0.3, 0.4) is 0 Å². The molecule has 1 saturated heterocycles. The summed E-state index contributed by atoms with van der Waals surface area (Å²) < 4.78 is 0. The van der Waals surface area contributed by atoms with Gasteiger partial charge in [-0.05, 0) is 43.0 Å². The summed E-state index contributed by atoms with van der Waals surface area (Å²) in [5, 5.41) is 4.07. The maximum Gasteiger partial charge on any atom is 0.249 e. The summed E-state index contributed by atoms with van der Waals surface area (Å²) in [5.41, 5.74) is 4.33. The van der Waals surface area contributed by atoms with Crippen LogP contribution in [0, 0.1) is 6.92 Å². The second kappa shape index (κ2) is 7.27. The molecule has 0 radical (unpaired) electrons. The van der Waals surface area contributed by atoms with Gasteiger partial charge in [0.1, 0.15) is 6.04 Å². The van der Waals surface area contributed by atoms with Crippen LogP contribution >= 0.6 is 0 Å². The van der Waals surface area contributed by atoms with Gasteiger partial charge in [0.05, 0.1) is 0 Å². The van der Waals surface area contributed by atoms with Gasteiger partial charge in [0, 0.05) is 35.8 Å². The SMILES string of the molecule is Cc1cccc2c(CCC(=O)NC3CCN(c4ccccc4)C3=O)c[nH]c12. The Balaban J connectivity index is 1.36. The summed E-state index contributed by atoms with van der Waals surface area (Å²) in [7, 11) is 0. The van der Waals surface area contributed by atoms with Crippen LogP contribution in [0.2, 0.25) is 0 Å². The van der Waals surface area contributed by atoms with Crippen LogP contribution in [0.4, 0.5) is 5.69 Å². The first-order valence-corrected chi connectivity index (χ1v) is 9.35. The van der Waals surface area contributed by atoms with Crippen molar-refractivity contribution < 1.29 is 9.59 Å². The molecule has 3 aromatic rings. The number of hydrogen-bond acceptors (Lipinski definition) is 2. The monoisotopic (exact) mass is 361 g/mol. The summed E-state index contributed by atoms with van der Waals surface area (Å²) >= 11 is 0. The number of fused-ring (bicyclic) bond motifs is 1. The van der Waals surface area contributed by atoms with Crippen molar-refractivity contribution in [3.05, 3.63) is 65.9 Å². The lowest BCUT2D eigenvalue weighted by atomic mass is 10.1. The van der Waals surface area contributed by atoms with E-state index in [2.05, 4.69) is 29.4 Å². The number of rotatable bonds is 5. The molecule has 138 valence electrons. The lowest BCUT2D eigenvalue weighted by Crippen LogP contribution is -2.41. The highest BCUT2D eigenvalue weighted by molar-refractivity contribution is 6.01. The van der Waals surface area contributed by atoms with Gasteiger partial charge in [0.25, 0.3) is 0 Å². The Labute approximate surface area is 158 Å². The molecule has 1 fully saturated rings. The Bertz CT molecular complexity index is 978. The van der Waals surface area contributed by atoms with Gasteiger partial charge >= 0.3 is 0 Å². The summed E-state index contributed by atoms with van der Waals surface area (Å²) in [4.78, 5) is 30.0. The van der Waals surface area contributed by atoms with Crippen molar-refractivity contribution in [2.75, 3.05) is 11.4 Å². The lowest BCUT2D eigenvalue weighted by Gasteiger charge is -2.17. The normalized spacial score (nSPS) is 16.9. The zero-order chi connectivity index (χ0) is 18.8. The summed E-state index contributed by atoms with van der Waals surface area (Å²) in [6.45, 7) is 2.70. The van der Waals surface area contributed by atoms with Crippen molar-refractivity contribution in [1.82, 2.24) is 10.3 Å². The Morgan fingerprint density at radius 2 is 2.00 bits per heavy atom. The number of nitrogens with one attached hydrogen (secondary N) is 2. The highest BCUT2D eigenvalue weighted by Gasteiger charge is 2.33. The minimum absolute atomic E-state index is 0.0303. The molecule has 1 aliphatic rings. The first-order chi connectivity index (χ1) is 13.1. The van der Waals surface area contributed by atoms with E-state index in [1.165, 1.54) is 5.56 Å². The van der Waals surface area contributed by atoms with Crippen LogP contribution in [-0.2, 0) is 16.0 Å². The molecule has 27 heavy (non-hydrogen) atoms. The highest BCUT2D eigenvalue weighted by atomic mass is 16.2.